The first-order valence-electron chi connectivity index (χ1n) is 7.41. The molecule has 1 amide bonds. The van der Waals surface area contributed by atoms with Gasteiger partial charge in [0.05, 0.1) is 4.47 Å². The number of carbonyl (C=O) groups is 1. The normalized spacial score (nSPS) is 22.2. The molecule has 0 aliphatic carbocycles. The second-order valence-electron chi connectivity index (χ2n) is 5.34. The largest absolute Gasteiger partial charge is 0.368 e. The third-order valence-corrected chi connectivity index (χ3v) is 5.10. The van der Waals surface area contributed by atoms with E-state index in [4.69, 9.17) is 4.74 Å². The van der Waals surface area contributed by atoms with E-state index in [2.05, 4.69) is 30.8 Å². The number of hydrogen-bond acceptors (Lipinski definition) is 6. The molecule has 0 spiro atoms. The Hall–Kier alpha value is -0.860. The second kappa shape index (κ2) is 7.14. The number of ether oxygens (including phenoxy) is 1. The number of amides is 1. The number of hydrogen-bond donors (Lipinski definition) is 0. The molecule has 3 rings (SSSR count). The predicted octanol–water partition coefficient (Wildman–Crippen LogP) is 1.79. The van der Waals surface area contributed by atoms with Crippen molar-refractivity contribution in [2.45, 2.75) is 24.1 Å². The Kier molecular flexibility index (Phi) is 5.20. The lowest BCUT2D eigenvalue weighted by atomic mass is 10.2. The molecule has 2 aliphatic rings. The monoisotopic (exact) mass is 386 g/mol. The van der Waals surface area contributed by atoms with E-state index in [1.54, 1.807) is 6.20 Å². The molecule has 1 aromatic rings. The van der Waals surface area contributed by atoms with Gasteiger partial charge in [-0.1, -0.05) is 11.8 Å². The van der Waals surface area contributed by atoms with Crippen LogP contribution in [-0.2, 0) is 9.53 Å². The number of rotatable bonds is 3. The Morgan fingerprint density at radius 1 is 1.41 bits per heavy atom. The van der Waals surface area contributed by atoms with E-state index in [0.29, 0.717) is 19.7 Å². The van der Waals surface area contributed by atoms with E-state index in [1.165, 1.54) is 11.8 Å². The Morgan fingerprint density at radius 2 is 2.18 bits per heavy atom. The van der Waals surface area contributed by atoms with E-state index in [0.717, 1.165) is 41.4 Å². The zero-order chi connectivity index (χ0) is 15.5. The number of nitrogens with zero attached hydrogens (tertiary/aromatic N) is 4. The number of halogens is 1. The predicted molar refractivity (Wildman–Crippen MR) is 89.3 cm³/mol. The molecule has 1 atom stereocenters. The summed E-state index contributed by atoms with van der Waals surface area (Å²) in [7, 11) is 0. The minimum atomic E-state index is -0.222. The molecule has 0 N–H and O–H groups in total. The summed E-state index contributed by atoms with van der Waals surface area (Å²) in [4.78, 5) is 25.3. The minimum Gasteiger partial charge on any atom is -0.368 e. The summed E-state index contributed by atoms with van der Waals surface area (Å²) < 4.78 is 6.39. The highest BCUT2D eigenvalue weighted by molar-refractivity contribution is 9.10. The van der Waals surface area contributed by atoms with Crippen LogP contribution in [0.5, 0.6) is 0 Å². The van der Waals surface area contributed by atoms with Crippen molar-refractivity contribution >= 4 is 39.4 Å². The average molecular weight is 387 g/mol. The maximum atomic E-state index is 12.4. The minimum absolute atomic E-state index is 0.142. The average Bonchev–Trinajstić information content (AvgIpc) is 3.09. The van der Waals surface area contributed by atoms with Gasteiger partial charge in [0, 0.05) is 39.0 Å². The van der Waals surface area contributed by atoms with Gasteiger partial charge in [-0.15, -0.1) is 0 Å². The second-order valence-corrected chi connectivity index (χ2v) is 6.97. The van der Waals surface area contributed by atoms with Gasteiger partial charge in [0.15, 0.2) is 5.16 Å². The van der Waals surface area contributed by atoms with Crippen LogP contribution in [-0.4, -0.2) is 65.9 Å². The van der Waals surface area contributed by atoms with E-state index in [9.17, 15) is 4.79 Å². The zero-order valence-corrected chi connectivity index (χ0v) is 14.9. The van der Waals surface area contributed by atoms with Gasteiger partial charge in [-0.3, -0.25) is 4.79 Å². The quantitative estimate of drug-likeness (QED) is 0.582. The molecule has 3 heterocycles. The molecule has 0 radical (unpaired) electrons. The number of anilines is 1. The molecule has 0 saturated carbocycles. The van der Waals surface area contributed by atoms with Crippen LogP contribution < -0.4 is 4.90 Å². The number of thioether (sulfide) groups is 1. The Morgan fingerprint density at radius 3 is 2.82 bits per heavy atom. The smallest absolute Gasteiger partial charge is 0.251 e. The Labute approximate surface area is 142 Å². The van der Waals surface area contributed by atoms with Crippen molar-refractivity contribution in [3.8, 4) is 0 Å². The van der Waals surface area contributed by atoms with Gasteiger partial charge in [0.1, 0.15) is 11.9 Å². The number of carbonyl (C=O) groups excluding carboxylic acids is 1. The maximum Gasteiger partial charge on any atom is 0.251 e. The molecule has 0 bridgehead atoms. The first kappa shape index (κ1) is 16.0. The molecular formula is C14H19BrN4O2S. The lowest BCUT2D eigenvalue weighted by Gasteiger charge is -2.36. The van der Waals surface area contributed by atoms with Crippen molar-refractivity contribution in [2.24, 2.45) is 0 Å². The van der Waals surface area contributed by atoms with Crippen molar-refractivity contribution in [1.82, 2.24) is 14.9 Å². The first-order valence-corrected chi connectivity index (χ1v) is 9.42. The molecule has 1 unspecified atom stereocenters. The SMILES string of the molecule is CSc1ncc(Br)c(N2CCN(C(=O)C3CCCO3)CC2)n1. The molecule has 8 heteroatoms. The van der Waals surface area contributed by atoms with Gasteiger partial charge in [-0.05, 0) is 35.0 Å². The molecule has 22 heavy (non-hydrogen) atoms. The van der Waals surface area contributed by atoms with Crippen molar-refractivity contribution in [1.29, 1.82) is 0 Å². The molecule has 6 nitrogen and oxygen atoms in total. The van der Waals surface area contributed by atoms with Crippen LogP contribution in [0.4, 0.5) is 5.82 Å². The summed E-state index contributed by atoms with van der Waals surface area (Å²) >= 11 is 5.04. The van der Waals surface area contributed by atoms with Gasteiger partial charge < -0.3 is 14.5 Å². The molecule has 0 aromatic carbocycles. The zero-order valence-electron chi connectivity index (χ0n) is 12.5. The fourth-order valence-electron chi connectivity index (χ4n) is 2.78. The molecule has 2 saturated heterocycles. The Bertz CT molecular complexity index is 546. The van der Waals surface area contributed by atoms with Crippen molar-refractivity contribution < 1.29 is 9.53 Å². The Balaban J connectivity index is 1.63. The van der Waals surface area contributed by atoms with Gasteiger partial charge >= 0.3 is 0 Å². The molecule has 2 aliphatic heterocycles. The van der Waals surface area contributed by atoms with Crippen molar-refractivity contribution in [3.05, 3.63) is 10.7 Å². The van der Waals surface area contributed by atoms with Crippen LogP contribution in [0.1, 0.15) is 12.8 Å². The highest BCUT2D eigenvalue weighted by atomic mass is 79.9. The highest BCUT2D eigenvalue weighted by Gasteiger charge is 2.30. The number of piperazine rings is 1. The molecule has 1 aromatic heterocycles. The fourth-order valence-corrected chi connectivity index (χ4v) is 3.55. The third-order valence-electron chi connectivity index (χ3n) is 3.98. The topological polar surface area (TPSA) is 58.6 Å². The van der Waals surface area contributed by atoms with E-state index < -0.39 is 0 Å². The van der Waals surface area contributed by atoms with Gasteiger partial charge in [-0.2, -0.15) is 0 Å². The lowest BCUT2D eigenvalue weighted by Crippen LogP contribution is -2.51. The first-order chi connectivity index (χ1) is 10.7. The van der Waals surface area contributed by atoms with E-state index in [-0.39, 0.29) is 12.0 Å². The number of aromatic nitrogens is 2. The fraction of sp³-hybridized carbons (Fsp3) is 0.643. The summed E-state index contributed by atoms with van der Waals surface area (Å²) in [6.45, 7) is 3.69. The summed E-state index contributed by atoms with van der Waals surface area (Å²) in [5.41, 5.74) is 0. The van der Waals surface area contributed by atoms with Gasteiger partial charge in [-0.25, -0.2) is 9.97 Å². The van der Waals surface area contributed by atoms with Crippen LogP contribution in [0.3, 0.4) is 0 Å². The van der Waals surface area contributed by atoms with Crippen molar-refractivity contribution in [2.75, 3.05) is 43.9 Å². The van der Waals surface area contributed by atoms with Crippen LogP contribution in [0, 0.1) is 0 Å². The third kappa shape index (κ3) is 3.38. The summed E-state index contributed by atoms with van der Waals surface area (Å²) in [6.07, 6.45) is 5.37. The van der Waals surface area contributed by atoms with E-state index >= 15 is 0 Å². The standard InChI is InChI=1S/C14H19BrN4O2S/c1-22-14-16-9-10(15)12(17-14)18-4-6-19(7-5-18)13(20)11-3-2-8-21-11/h9,11H,2-8H2,1H3. The highest BCUT2D eigenvalue weighted by Crippen LogP contribution is 2.26. The van der Waals surface area contributed by atoms with Crippen LogP contribution in [0.15, 0.2) is 15.8 Å². The van der Waals surface area contributed by atoms with Gasteiger partial charge in [0.2, 0.25) is 0 Å². The molecular weight excluding hydrogens is 368 g/mol. The van der Waals surface area contributed by atoms with Crippen LogP contribution in [0.2, 0.25) is 0 Å². The molecule has 2 fully saturated rings. The van der Waals surface area contributed by atoms with Crippen LogP contribution in [0.25, 0.3) is 0 Å². The molecule has 120 valence electrons. The summed E-state index contributed by atoms with van der Waals surface area (Å²) in [6, 6.07) is 0. The summed E-state index contributed by atoms with van der Waals surface area (Å²) in [5, 5.41) is 0.760. The lowest BCUT2D eigenvalue weighted by molar-refractivity contribution is -0.141. The van der Waals surface area contributed by atoms with Crippen LogP contribution >= 0.6 is 27.7 Å². The van der Waals surface area contributed by atoms with E-state index in [1.807, 2.05) is 11.2 Å². The maximum absolute atomic E-state index is 12.4. The van der Waals surface area contributed by atoms with Gasteiger partial charge in [0.25, 0.3) is 5.91 Å². The van der Waals surface area contributed by atoms with Crippen molar-refractivity contribution in [3.63, 3.8) is 0 Å². The summed E-state index contributed by atoms with van der Waals surface area (Å²) in [5.74, 6) is 1.05.